The van der Waals surface area contributed by atoms with E-state index >= 15 is 0 Å². The molecular formula is C22H25F2N3O3S. The molecule has 4 rings (SSSR count). The first-order valence-corrected chi connectivity index (χ1v) is 11.7. The number of hydrogen-bond acceptors (Lipinski definition) is 4. The molecule has 166 valence electrons. The lowest BCUT2D eigenvalue weighted by Gasteiger charge is -2.25. The second-order valence-electron chi connectivity index (χ2n) is 8.06. The molecule has 31 heavy (non-hydrogen) atoms. The quantitative estimate of drug-likeness (QED) is 0.508. The molecule has 3 aromatic rings. The van der Waals surface area contributed by atoms with Crippen molar-refractivity contribution in [2.24, 2.45) is 0 Å². The number of anilines is 2. The van der Waals surface area contributed by atoms with Crippen LogP contribution < -0.4 is 15.2 Å². The molecule has 9 heteroatoms. The summed E-state index contributed by atoms with van der Waals surface area (Å²) in [4.78, 5) is 0. The van der Waals surface area contributed by atoms with Crippen LogP contribution >= 0.6 is 0 Å². The van der Waals surface area contributed by atoms with E-state index in [4.69, 9.17) is 5.73 Å². The summed E-state index contributed by atoms with van der Waals surface area (Å²) in [5.74, 6) is 0.0641. The fourth-order valence-corrected chi connectivity index (χ4v) is 5.53. The summed E-state index contributed by atoms with van der Waals surface area (Å²) in [5.41, 5.74) is 9.69. The van der Waals surface area contributed by atoms with Gasteiger partial charge in [-0.1, -0.05) is 18.6 Å². The highest BCUT2D eigenvalue weighted by atomic mass is 32.2. The highest BCUT2D eigenvalue weighted by molar-refractivity contribution is 7.93. The Balaban J connectivity index is 1.73. The molecule has 3 N–H and O–H groups in total. The Morgan fingerprint density at radius 2 is 1.81 bits per heavy atom. The molecule has 0 bridgehead atoms. The van der Waals surface area contributed by atoms with Crippen molar-refractivity contribution in [1.82, 2.24) is 4.57 Å². The summed E-state index contributed by atoms with van der Waals surface area (Å²) in [7, 11) is -3.37. The van der Waals surface area contributed by atoms with Crippen LogP contribution in [0, 0.1) is 0 Å². The van der Waals surface area contributed by atoms with Crippen molar-refractivity contribution in [3.8, 4) is 17.0 Å². The molecule has 0 radical (unpaired) electrons. The SMILES string of the molecule is CC(C)n1c(-c2ccc(NS(=O)(=O)C3CCC3)cc2)c(N)c2ccc(OC(F)F)cc21. The van der Waals surface area contributed by atoms with Gasteiger partial charge in [-0.2, -0.15) is 8.78 Å². The molecule has 0 unspecified atom stereocenters. The molecule has 6 nitrogen and oxygen atoms in total. The Bertz CT molecular complexity index is 1200. The van der Waals surface area contributed by atoms with Crippen LogP contribution in [0.2, 0.25) is 0 Å². The lowest BCUT2D eigenvalue weighted by Crippen LogP contribution is -2.33. The molecule has 0 atom stereocenters. The smallest absolute Gasteiger partial charge is 0.387 e. The average molecular weight is 450 g/mol. The monoisotopic (exact) mass is 449 g/mol. The number of nitrogen functional groups attached to an aromatic ring is 1. The van der Waals surface area contributed by atoms with Gasteiger partial charge >= 0.3 is 6.61 Å². The van der Waals surface area contributed by atoms with Gasteiger partial charge in [0.15, 0.2) is 0 Å². The molecular weight excluding hydrogens is 424 g/mol. The summed E-state index contributed by atoms with van der Waals surface area (Å²) >= 11 is 0. The summed E-state index contributed by atoms with van der Waals surface area (Å²) < 4.78 is 59.2. The van der Waals surface area contributed by atoms with Gasteiger partial charge in [0, 0.05) is 28.7 Å². The predicted molar refractivity (Wildman–Crippen MR) is 119 cm³/mol. The summed E-state index contributed by atoms with van der Waals surface area (Å²) in [6.07, 6.45) is 2.32. The van der Waals surface area contributed by atoms with Crippen LogP contribution in [0.5, 0.6) is 5.75 Å². The molecule has 1 saturated carbocycles. The van der Waals surface area contributed by atoms with Crippen molar-refractivity contribution in [2.45, 2.75) is 51.0 Å². The third-order valence-corrected chi connectivity index (χ3v) is 7.54. The molecule has 0 saturated heterocycles. The fourth-order valence-electron chi connectivity index (χ4n) is 3.95. The number of rotatable bonds is 7. The predicted octanol–water partition coefficient (Wildman–Crippen LogP) is 5.37. The molecule has 0 aliphatic heterocycles. The number of hydrogen-bond donors (Lipinski definition) is 2. The first-order chi connectivity index (χ1) is 14.7. The van der Waals surface area contributed by atoms with Crippen molar-refractivity contribution in [3.05, 3.63) is 42.5 Å². The van der Waals surface area contributed by atoms with Gasteiger partial charge in [0.2, 0.25) is 10.0 Å². The van der Waals surface area contributed by atoms with Crippen LogP contribution in [0.15, 0.2) is 42.5 Å². The van der Waals surface area contributed by atoms with E-state index in [9.17, 15) is 17.2 Å². The number of nitrogens with two attached hydrogens (primary N) is 1. The average Bonchev–Trinajstić information content (AvgIpc) is 2.92. The number of nitrogens with zero attached hydrogens (tertiary/aromatic N) is 1. The van der Waals surface area contributed by atoms with E-state index in [0.29, 0.717) is 29.7 Å². The third kappa shape index (κ3) is 4.06. The number of sulfonamides is 1. The third-order valence-electron chi connectivity index (χ3n) is 5.67. The van der Waals surface area contributed by atoms with Crippen LogP contribution in [0.4, 0.5) is 20.2 Å². The van der Waals surface area contributed by atoms with E-state index in [1.807, 2.05) is 18.4 Å². The number of aromatic nitrogens is 1. The number of ether oxygens (including phenoxy) is 1. The first-order valence-electron chi connectivity index (χ1n) is 10.2. The van der Waals surface area contributed by atoms with E-state index in [1.54, 1.807) is 36.4 Å². The molecule has 2 aromatic carbocycles. The minimum atomic E-state index is -3.37. The zero-order valence-corrected chi connectivity index (χ0v) is 18.1. The summed E-state index contributed by atoms with van der Waals surface area (Å²) in [6, 6.07) is 11.7. The highest BCUT2D eigenvalue weighted by Crippen LogP contribution is 2.40. The maximum Gasteiger partial charge on any atom is 0.387 e. The second kappa shape index (κ2) is 8.03. The Morgan fingerprint density at radius 3 is 2.35 bits per heavy atom. The van der Waals surface area contributed by atoms with E-state index in [1.165, 1.54) is 6.07 Å². The van der Waals surface area contributed by atoms with Gasteiger partial charge < -0.3 is 15.0 Å². The van der Waals surface area contributed by atoms with E-state index in [-0.39, 0.29) is 17.0 Å². The summed E-state index contributed by atoms with van der Waals surface area (Å²) in [5, 5.41) is 0.413. The fraction of sp³-hybridized carbons (Fsp3) is 0.364. The number of alkyl halides is 2. The molecule has 1 heterocycles. The maximum atomic E-state index is 12.7. The van der Waals surface area contributed by atoms with E-state index in [2.05, 4.69) is 9.46 Å². The standard InChI is InChI=1S/C22H25F2N3O3S/c1-13(2)27-19-12-16(30-22(23)24)10-11-18(19)20(25)21(27)14-6-8-15(9-7-14)26-31(28,29)17-4-3-5-17/h6-13,17,22,26H,3-5,25H2,1-2H3. The van der Waals surface area contributed by atoms with Gasteiger partial charge in [-0.05, 0) is 51.0 Å². The Kier molecular flexibility index (Phi) is 5.55. The first kappa shape index (κ1) is 21.4. The van der Waals surface area contributed by atoms with Gasteiger partial charge in [0.1, 0.15) is 5.75 Å². The Morgan fingerprint density at radius 1 is 1.13 bits per heavy atom. The van der Waals surface area contributed by atoms with Crippen molar-refractivity contribution < 1.29 is 21.9 Å². The Hall–Kier alpha value is -2.81. The largest absolute Gasteiger partial charge is 0.435 e. The van der Waals surface area contributed by atoms with Crippen molar-refractivity contribution in [1.29, 1.82) is 0 Å². The van der Waals surface area contributed by atoms with E-state index in [0.717, 1.165) is 23.1 Å². The zero-order chi connectivity index (χ0) is 22.3. The molecule has 1 aromatic heterocycles. The van der Waals surface area contributed by atoms with Crippen molar-refractivity contribution >= 4 is 32.3 Å². The Labute approximate surface area is 180 Å². The van der Waals surface area contributed by atoms with Crippen LogP contribution in [0.3, 0.4) is 0 Å². The highest BCUT2D eigenvalue weighted by Gasteiger charge is 2.31. The number of nitrogens with one attached hydrogen (secondary N) is 1. The zero-order valence-electron chi connectivity index (χ0n) is 17.3. The number of fused-ring (bicyclic) bond motifs is 1. The van der Waals surface area contributed by atoms with Crippen LogP contribution in [-0.2, 0) is 10.0 Å². The van der Waals surface area contributed by atoms with Crippen molar-refractivity contribution in [3.63, 3.8) is 0 Å². The van der Waals surface area contributed by atoms with Gasteiger partial charge in [-0.15, -0.1) is 0 Å². The summed E-state index contributed by atoms with van der Waals surface area (Å²) in [6.45, 7) is 1.04. The van der Waals surface area contributed by atoms with Gasteiger partial charge in [-0.3, -0.25) is 4.72 Å². The minimum Gasteiger partial charge on any atom is -0.435 e. The van der Waals surface area contributed by atoms with E-state index < -0.39 is 16.6 Å². The molecule has 0 amide bonds. The van der Waals surface area contributed by atoms with Gasteiger partial charge in [-0.25, -0.2) is 8.42 Å². The molecule has 1 aliphatic rings. The van der Waals surface area contributed by atoms with Gasteiger partial charge in [0.05, 0.1) is 22.1 Å². The number of benzene rings is 2. The van der Waals surface area contributed by atoms with Crippen LogP contribution in [-0.4, -0.2) is 24.8 Å². The number of halogens is 2. The molecule has 0 spiro atoms. The lowest BCUT2D eigenvalue weighted by molar-refractivity contribution is -0.0497. The molecule has 1 aliphatic carbocycles. The second-order valence-corrected chi connectivity index (χ2v) is 10.0. The van der Waals surface area contributed by atoms with Crippen LogP contribution in [0.25, 0.3) is 22.2 Å². The molecule has 1 fully saturated rings. The van der Waals surface area contributed by atoms with Crippen LogP contribution in [0.1, 0.15) is 39.2 Å². The lowest BCUT2D eigenvalue weighted by atomic mass is 10.0. The minimum absolute atomic E-state index is 0.00611. The van der Waals surface area contributed by atoms with Gasteiger partial charge in [0.25, 0.3) is 0 Å². The normalized spacial score (nSPS) is 14.9. The van der Waals surface area contributed by atoms with Crippen molar-refractivity contribution in [2.75, 3.05) is 10.5 Å². The topological polar surface area (TPSA) is 86.4 Å². The maximum absolute atomic E-state index is 12.7.